The molecule has 1 aromatic rings. The van der Waals surface area contributed by atoms with E-state index in [0.717, 1.165) is 25.1 Å². The molecule has 108 valence electrons. The maximum atomic E-state index is 5.77. The van der Waals surface area contributed by atoms with E-state index >= 15 is 0 Å². The van der Waals surface area contributed by atoms with Gasteiger partial charge in [0, 0.05) is 30.6 Å². The summed E-state index contributed by atoms with van der Waals surface area (Å²) in [7, 11) is 1.86. The molecule has 1 unspecified atom stereocenters. The van der Waals surface area contributed by atoms with Gasteiger partial charge in [0.2, 0.25) is 0 Å². The second-order valence-electron chi connectivity index (χ2n) is 5.68. The molecule has 1 aliphatic rings. The molecule has 0 bridgehead atoms. The van der Waals surface area contributed by atoms with Crippen LogP contribution in [0.3, 0.4) is 0 Å². The molecule has 1 aliphatic carbocycles. The largest absolute Gasteiger partial charge is 0.378 e. The van der Waals surface area contributed by atoms with Gasteiger partial charge in [-0.15, -0.1) is 11.3 Å². The molecule has 19 heavy (non-hydrogen) atoms. The number of nitrogens with zero attached hydrogens (tertiary/aromatic N) is 1. The van der Waals surface area contributed by atoms with E-state index in [2.05, 4.69) is 29.5 Å². The third-order valence-electron chi connectivity index (χ3n) is 4.09. The van der Waals surface area contributed by atoms with Crippen LogP contribution in [0.5, 0.6) is 0 Å². The number of hydrogen-bond donors (Lipinski definition) is 1. The molecule has 1 atom stereocenters. The molecule has 0 aliphatic heterocycles. The lowest BCUT2D eigenvalue weighted by atomic mass is 9.75. The zero-order valence-corrected chi connectivity index (χ0v) is 13.2. The highest BCUT2D eigenvalue weighted by molar-refractivity contribution is 7.09. The van der Waals surface area contributed by atoms with Gasteiger partial charge in [-0.25, -0.2) is 4.98 Å². The van der Waals surface area contributed by atoms with Crippen LogP contribution >= 0.6 is 11.3 Å². The average Bonchev–Trinajstić information content (AvgIpc) is 2.76. The monoisotopic (exact) mass is 282 g/mol. The molecular formula is C15H26N2OS. The first-order valence-electron chi connectivity index (χ1n) is 7.37. The van der Waals surface area contributed by atoms with Crippen LogP contribution in [-0.4, -0.2) is 30.3 Å². The first kappa shape index (κ1) is 14.9. The van der Waals surface area contributed by atoms with Gasteiger partial charge < -0.3 is 10.1 Å². The molecule has 4 heteroatoms. The molecule has 1 heterocycles. The molecular weight excluding hydrogens is 256 g/mol. The van der Waals surface area contributed by atoms with Crippen LogP contribution in [0.15, 0.2) is 5.38 Å². The Bertz CT molecular complexity index is 382. The summed E-state index contributed by atoms with van der Waals surface area (Å²) in [5, 5.41) is 7.06. The Morgan fingerprint density at radius 3 is 2.79 bits per heavy atom. The third-order valence-corrected chi connectivity index (χ3v) is 5.08. The van der Waals surface area contributed by atoms with Crippen LogP contribution in [0.25, 0.3) is 0 Å². The van der Waals surface area contributed by atoms with Gasteiger partial charge in [-0.05, 0) is 45.6 Å². The lowest BCUT2D eigenvalue weighted by Crippen LogP contribution is -2.46. The number of nitrogens with one attached hydrogen (secondary N) is 1. The topological polar surface area (TPSA) is 34.2 Å². The van der Waals surface area contributed by atoms with Gasteiger partial charge in [0.25, 0.3) is 0 Å². The summed E-state index contributed by atoms with van der Waals surface area (Å²) in [6, 6.07) is 0.491. The fraction of sp³-hybridized carbons (Fsp3) is 0.800. The van der Waals surface area contributed by atoms with E-state index in [0.29, 0.717) is 6.04 Å². The van der Waals surface area contributed by atoms with Crippen molar-refractivity contribution in [2.45, 2.75) is 64.0 Å². The van der Waals surface area contributed by atoms with Crippen LogP contribution < -0.4 is 5.32 Å². The zero-order valence-electron chi connectivity index (χ0n) is 12.4. The van der Waals surface area contributed by atoms with E-state index in [1.807, 2.05) is 7.11 Å². The molecule has 2 rings (SSSR count). The number of thiazole rings is 1. The Kier molecular flexibility index (Phi) is 5.37. The number of ether oxygens (including phenoxy) is 1. The second kappa shape index (κ2) is 6.82. The fourth-order valence-electron chi connectivity index (χ4n) is 2.78. The normalized spacial score (nSPS) is 19.1. The van der Waals surface area contributed by atoms with Crippen molar-refractivity contribution in [3.63, 3.8) is 0 Å². The fourth-order valence-corrected chi connectivity index (χ4v) is 3.64. The first-order chi connectivity index (χ1) is 9.17. The zero-order chi connectivity index (χ0) is 13.7. The second-order valence-corrected chi connectivity index (χ2v) is 6.63. The molecule has 0 saturated heterocycles. The van der Waals surface area contributed by atoms with Crippen LogP contribution in [0.1, 0.15) is 49.7 Å². The highest BCUT2D eigenvalue weighted by Crippen LogP contribution is 2.39. The Hall–Kier alpha value is -0.450. The molecule has 0 radical (unpaired) electrons. The van der Waals surface area contributed by atoms with Gasteiger partial charge in [-0.1, -0.05) is 6.92 Å². The predicted octanol–water partition coefficient (Wildman–Crippen LogP) is 3.32. The Labute approximate surface area is 120 Å². The van der Waals surface area contributed by atoms with E-state index in [1.165, 1.54) is 30.7 Å². The summed E-state index contributed by atoms with van der Waals surface area (Å²) in [5.41, 5.74) is 1.27. The van der Waals surface area contributed by atoms with Gasteiger partial charge in [0.15, 0.2) is 0 Å². The van der Waals surface area contributed by atoms with Gasteiger partial charge in [-0.2, -0.15) is 0 Å². The van der Waals surface area contributed by atoms with Crippen molar-refractivity contribution in [1.82, 2.24) is 10.3 Å². The number of aryl methyl sites for hydroxylation is 1. The minimum absolute atomic E-state index is 0.137. The molecule has 1 N–H and O–H groups in total. The molecule has 1 aromatic heterocycles. The molecule has 1 saturated carbocycles. The van der Waals surface area contributed by atoms with Crippen molar-refractivity contribution in [2.75, 3.05) is 13.7 Å². The SMILES string of the molecule is CCCNC(Cc1nc(C)cs1)CC1(OC)CCC1. The van der Waals surface area contributed by atoms with Gasteiger partial charge in [-0.3, -0.25) is 0 Å². The number of aromatic nitrogens is 1. The highest BCUT2D eigenvalue weighted by atomic mass is 32.1. The summed E-state index contributed by atoms with van der Waals surface area (Å²) in [4.78, 5) is 4.60. The Balaban J connectivity index is 1.94. The van der Waals surface area contributed by atoms with E-state index in [9.17, 15) is 0 Å². The maximum Gasteiger partial charge on any atom is 0.0943 e. The van der Waals surface area contributed by atoms with Crippen molar-refractivity contribution < 1.29 is 4.74 Å². The van der Waals surface area contributed by atoms with Crippen LogP contribution in [0.4, 0.5) is 0 Å². The van der Waals surface area contributed by atoms with Gasteiger partial charge in [0.1, 0.15) is 0 Å². The lowest BCUT2D eigenvalue weighted by Gasteiger charge is -2.43. The van der Waals surface area contributed by atoms with Crippen LogP contribution in [0.2, 0.25) is 0 Å². The summed E-state index contributed by atoms with van der Waals surface area (Å²) in [6.45, 7) is 5.36. The minimum atomic E-state index is 0.137. The third kappa shape index (κ3) is 4.01. The summed E-state index contributed by atoms with van der Waals surface area (Å²) >= 11 is 1.78. The number of hydrogen-bond acceptors (Lipinski definition) is 4. The standard InChI is InChI=1S/C15H26N2OS/c1-4-8-16-13(9-14-17-12(2)11-19-14)10-15(18-3)6-5-7-15/h11,13,16H,4-10H2,1-3H3. The van der Waals surface area contributed by atoms with Crippen LogP contribution in [-0.2, 0) is 11.2 Å². The Morgan fingerprint density at radius 1 is 1.53 bits per heavy atom. The average molecular weight is 282 g/mol. The van der Waals surface area contributed by atoms with E-state index in [4.69, 9.17) is 4.74 Å². The number of rotatable bonds is 8. The van der Waals surface area contributed by atoms with Crippen LogP contribution in [0, 0.1) is 6.92 Å². The first-order valence-corrected chi connectivity index (χ1v) is 8.25. The molecule has 0 amide bonds. The van der Waals surface area contributed by atoms with Gasteiger partial charge in [0.05, 0.1) is 10.6 Å². The molecule has 3 nitrogen and oxygen atoms in total. The van der Waals surface area contributed by atoms with Crippen molar-refractivity contribution in [2.24, 2.45) is 0 Å². The highest BCUT2D eigenvalue weighted by Gasteiger charge is 2.39. The lowest BCUT2D eigenvalue weighted by molar-refractivity contribution is -0.0834. The smallest absolute Gasteiger partial charge is 0.0943 e. The van der Waals surface area contributed by atoms with Crippen molar-refractivity contribution in [1.29, 1.82) is 0 Å². The minimum Gasteiger partial charge on any atom is -0.378 e. The molecule has 1 fully saturated rings. The predicted molar refractivity (Wildman–Crippen MR) is 80.8 cm³/mol. The summed E-state index contributed by atoms with van der Waals surface area (Å²) in [6.07, 6.45) is 7.05. The van der Waals surface area contributed by atoms with E-state index < -0.39 is 0 Å². The summed E-state index contributed by atoms with van der Waals surface area (Å²) < 4.78 is 5.77. The Morgan fingerprint density at radius 2 is 2.32 bits per heavy atom. The quantitative estimate of drug-likeness (QED) is 0.794. The van der Waals surface area contributed by atoms with Gasteiger partial charge >= 0.3 is 0 Å². The van der Waals surface area contributed by atoms with Crippen molar-refractivity contribution >= 4 is 11.3 Å². The van der Waals surface area contributed by atoms with Crippen molar-refractivity contribution in [3.05, 3.63) is 16.1 Å². The molecule has 0 aromatic carbocycles. The maximum absolute atomic E-state index is 5.77. The number of methoxy groups -OCH3 is 1. The molecule has 0 spiro atoms. The summed E-state index contributed by atoms with van der Waals surface area (Å²) in [5.74, 6) is 0. The van der Waals surface area contributed by atoms with E-state index in [-0.39, 0.29) is 5.60 Å². The van der Waals surface area contributed by atoms with Crippen molar-refractivity contribution in [3.8, 4) is 0 Å². The van der Waals surface area contributed by atoms with E-state index in [1.54, 1.807) is 11.3 Å².